The van der Waals surface area contributed by atoms with Crippen molar-refractivity contribution in [2.75, 3.05) is 19.8 Å². The van der Waals surface area contributed by atoms with Crippen molar-refractivity contribution in [2.24, 2.45) is 5.92 Å². The van der Waals surface area contributed by atoms with Gasteiger partial charge in [0, 0.05) is 34.0 Å². The second-order valence-corrected chi connectivity index (χ2v) is 7.22. The average Bonchev–Trinajstić information content (AvgIpc) is 2.66. The fraction of sp³-hybridized carbons (Fsp3) is 0.318. The number of nitrogens with zero attached hydrogens (tertiary/aromatic N) is 1. The highest BCUT2D eigenvalue weighted by atomic mass is 16.6. The van der Waals surface area contributed by atoms with Gasteiger partial charge in [0.1, 0.15) is 19.0 Å². The number of imide groups is 1. The molecule has 146 valence electrons. The summed E-state index contributed by atoms with van der Waals surface area (Å²) in [6.45, 7) is 9.64. The quantitative estimate of drug-likeness (QED) is 0.317. The Morgan fingerprint density at radius 2 is 1.75 bits per heavy atom. The van der Waals surface area contributed by atoms with Gasteiger partial charge in [-0.1, -0.05) is 32.6 Å². The third-order valence-electron chi connectivity index (χ3n) is 4.42. The highest BCUT2D eigenvalue weighted by Crippen LogP contribution is 2.35. The summed E-state index contributed by atoms with van der Waals surface area (Å²) in [5, 5.41) is 1.29. The van der Waals surface area contributed by atoms with Crippen LogP contribution < -0.4 is 4.74 Å². The molecule has 0 bridgehead atoms. The van der Waals surface area contributed by atoms with E-state index in [0.29, 0.717) is 39.8 Å². The number of carbonyl (C=O) groups is 3. The molecule has 1 aliphatic heterocycles. The topological polar surface area (TPSA) is 72.9 Å². The first-order chi connectivity index (χ1) is 13.3. The van der Waals surface area contributed by atoms with Crippen LogP contribution >= 0.6 is 0 Å². The molecule has 0 radical (unpaired) electrons. The molecular weight excluding hydrogens is 358 g/mol. The lowest BCUT2D eigenvalue weighted by Gasteiger charge is -2.28. The van der Waals surface area contributed by atoms with E-state index in [9.17, 15) is 14.4 Å². The number of hydrogen-bond donors (Lipinski definition) is 0. The second-order valence-electron chi connectivity index (χ2n) is 7.22. The molecule has 3 rings (SSSR count). The van der Waals surface area contributed by atoms with Gasteiger partial charge in [0.25, 0.3) is 11.8 Å². The molecule has 28 heavy (non-hydrogen) atoms. The summed E-state index contributed by atoms with van der Waals surface area (Å²) in [5.41, 5.74) is 1.31. The van der Waals surface area contributed by atoms with E-state index in [0.717, 1.165) is 0 Å². The monoisotopic (exact) mass is 381 g/mol. The van der Waals surface area contributed by atoms with E-state index >= 15 is 0 Å². The lowest BCUT2D eigenvalue weighted by atomic mass is 9.93. The molecule has 0 saturated carbocycles. The molecular formula is C22H23NO5. The molecule has 6 heteroatoms. The lowest BCUT2D eigenvalue weighted by Crippen LogP contribution is -2.42. The van der Waals surface area contributed by atoms with Gasteiger partial charge in [-0.3, -0.25) is 14.5 Å². The molecule has 0 aliphatic carbocycles. The molecule has 0 spiro atoms. The van der Waals surface area contributed by atoms with Gasteiger partial charge in [0.05, 0.1) is 0 Å². The largest absolute Gasteiger partial charge is 0.489 e. The highest BCUT2D eigenvalue weighted by molar-refractivity contribution is 6.26. The molecule has 1 heterocycles. The minimum atomic E-state index is -0.470. The number of rotatable bonds is 7. The SMILES string of the molecule is C=C(C)C(=O)OCCOc1ccc2c3c(cccc13)C(=O)N(CC(C)C)C2=O. The fourth-order valence-corrected chi connectivity index (χ4v) is 3.19. The van der Waals surface area contributed by atoms with Crippen LogP contribution in [-0.2, 0) is 9.53 Å². The Morgan fingerprint density at radius 3 is 2.39 bits per heavy atom. The van der Waals surface area contributed by atoms with Gasteiger partial charge in [-0.2, -0.15) is 0 Å². The normalized spacial score (nSPS) is 13.2. The number of benzene rings is 2. The first-order valence-electron chi connectivity index (χ1n) is 9.18. The number of hydrogen-bond acceptors (Lipinski definition) is 5. The van der Waals surface area contributed by atoms with E-state index in [2.05, 4.69) is 6.58 Å². The first kappa shape index (κ1) is 19.6. The van der Waals surface area contributed by atoms with E-state index in [1.807, 2.05) is 19.9 Å². The Balaban J connectivity index is 1.88. The smallest absolute Gasteiger partial charge is 0.333 e. The molecule has 0 fully saturated rings. The van der Waals surface area contributed by atoms with Crippen LogP contribution in [-0.4, -0.2) is 42.4 Å². The molecule has 0 unspecified atom stereocenters. The molecule has 6 nitrogen and oxygen atoms in total. The molecule has 1 aliphatic rings. The molecule has 2 aromatic carbocycles. The Bertz CT molecular complexity index is 954. The number of carbonyl (C=O) groups excluding carboxylic acids is 3. The molecule has 2 amide bonds. The van der Waals surface area contributed by atoms with E-state index in [1.165, 1.54) is 4.90 Å². The summed E-state index contributed by atoms with van der Waals surface area (Å²) in [4.78, 5) is 38.4. The zero-order valence-corrected chi connectivity index (χ0v) is 16.3. The predicted octanol–water partition coefficient (Wildman–Crippen LogP) is 3.59. The Hall–Kier alpha value is -3.15. The zero-order valence-electron chi connectivity index (χ0n) is 16.3. The third-order valence-corrected chi connectivity index (χ3v) is 4.42. The van der Waals surface area contributed by atoms with Crippen molar-refractivity contribution in [3.8, 4) is 5.75 Å². The Labute approximate surface area is 163 Å². The van der Waals surface area contributed by atoms with E-state index < -0.39 is 5.97 Å². The van der Waals surface area contributed by atoms with Crippen molar-refractivity contribution in [3.05, 3.63) is 53.6 Å². The zero-order chi connectivity index (χ0) is 20.4. The van der Waals surface area contributed by atoms with Crippen molar-refractivity contribution in [3.63, 3.8) is 0 Å². The lowest BCUT2D eigenvalue weighted by molar-refractivity contribution is -0.139. The van der Waals surface area contributed by atoms with Crippen LogP contribution in [0.3, 0.4) is 0 Å². The number of amides is 2. The minimum absolute atomic E-state index is 0.0780. The van der Waals surface area contributed by atoms with E-state index in [4.69, 9.17) is 9.47 Å². The molecule has 0 atom stereocenters. The van der Waals surface area contributed by atoms with Gasteiger partial charge in [-0.15, -0.1) is 0 Å². The second kappa shape index (κ2) is 7.84. The summed E-state index contributed by atoms with van der Waals surface area (Å²) >= 11 is 0. The van der Waals surface area contributed by atoms with Gasteiger partial charge in [-0.25, -0.2) is 4.79 Å². The van der Waals surface area contributed by atoms with Crippen molar-refractivity contribution in [1.82, 2.24) is 4.90 Å². The summed E-state index contributed by atoms with van der Waals surface area (Å²) < 4.78 is 10.8. The van der Waals surface area contributed by atoms with Gasteiger partial charge in [0.15, 0.2) is 0 Å². The van der Waals surface area contributed by atoms with Crippen LogP contribution in [0.2, 0.25) is 0 Å². The summed E-state index contributed by atoms with van der Waals surface area (Å²) in [6.07, 6.45) is 0. The maximum Gasteiger partial charge on any atom is 0.333 e. The van der Waals surface area contributed by atoms with Gasteiger partial charge in [-0.05, 0) is 31.0 Å². The van der Waals surface area contributed by atoms with Crippen LogP contribution in [0.5, 0.6) is 5.75 Å². The summed E-state index contributed by atoms with van der Waals surface area (Å²) in [6, 6.07) is 8.71. The van der Waals surface area contributed by atoms with E-state index in [1.54, 1.807) is 31.2 Å². The Morgan fingerprint density at radius 1 is 1.07 bits per heavy atom. The third kappa shape index (κ3) is 3.63. The summed E-state index contributed by atoms with van der Waals surface area (Å²) in [7, 11) is 0. The molecule has 0 N–H and O–H groups in total. The molecule has 2 aromatic rings. The van der Waals surface area contributed by atoms with Crippen molar-refractivity contribution >= 4 is 28.6 Å². The van der Waals surface area contributed by atoms with Crippen LogP contribution in [0.1, 0.15) is 41.5 Å². The van der Waals surface area contributed by atoms with Crippen LogP contribution in [0.25, 0.3) is 10.8 Å². The molecule has 0 aromatic heterocycles. The van der Waals surface area contributed by atoms with Crippen molar-refractivity contribution < 1.29 is 23.9 Å². The number of ether oxygens (including phenoxy) is 2. The van der Waals surface area contributed by atoms with Crippen molar-refractivity contribution in [2.45, 2.75) is 20.8 Å². The maximum absolute atomic E-state index is 12.9. The van der Waals surface area contributed by atoms with Gasteiger partial charge in [0.2, 0.25) is 0 Å². The highest BCUT2D eigenvalue weighted by Gasteiger charge is 2.33. The van der Waals surface area contributed by atoms with E-state index in [-0.39, 0.29) is 30.9 Å². The summed E-state index contributed by atoms with van der Waals surface area (Å²) in [5.74, 6) is -0.335. The van der Waals surface area contributed by atoms with Crippen LogP contribution in [0.15, 0.2) is 42.5 Å². The first-order valence-corrected chi connectivity index (χ1v) is 9.18. The maximum atomic E-state index is 12.9. The number of esters is 1. The fourth-order valence-electron chi connectivity index (χ4n) is 3.19. The van der Waals surface area contributed by atoms with Gasteiger partial charge >= 0.3 is 5.97 Å². The predicted molar refractivity (Wildman–Crippen MR) is 105 cm³/mol. The van der Waals surface area contributed by atoms with Crippen molar-refractivity contribution in [1.29, 1.82) is 0 Å². The molecule has 0 saturated heterocycles. The standard InChI is InChI=1S/C22H23NO5/c1-13(2)12-23-20(24)16-7-5-6-15-18(9-8-17(19(15)16)21(23)25)27-10-11-28-22(26)14(3)4/h5-9,13H,3,10-12H2,1-2,4H3. The minimum Gasteiger partial charge on any atom is -0.489 e. The average molecular weight is 381 g/mol. The van der Waals surface area contributed by atoms with Gasteiger partial charge < -0.3 is 9.47 Å². The van der Waals surface area contributed by atoms with Crippen LogP contribution in [0, 0.1) is 5.92 Å². The Kier molecular flexibility index (Phi) is 5.49. The van der Waals surface area contributed by atoms with Crippen LogP contribution in [0.4, 0.5) is 0 Å².